The van der Waals surface area contributed by atoms with E-state index in [9.17, 15) is 18.0 Å². The van der Waals surface area contributed by atoms with Crippen LogP contribution in [0, 0.1) is 10.7 Å². The van der Waals surface area contributed by atoms with Crippen molar-refractivity contribution in [3.05, 3.63) is 52.7 Å². The van der Waals surface area contributed by atoms with Crippen LogP contribution < -0.4 is 4.74 Å². The van der Waals surface area contributed by atoms with E-state index in [-0.39, 0.29) is 30.1 Å². The summed E-state index contributed by atoms with van der Waals surface area (Å²) in [5.41, 5.74) is 0.485. The number of carbonyl (C=O) groups is 2. The molecule has 0 atom stereocenters. The Hall–Kier alpha value is -0.520. The van der Waals surface area contributed by atoms with E-state index in [2.05, 4.69) is 67.8 Å². The highest BCUT2D eigenvalue weighted by atomic mass is 127. The maximum Gasteiger partial charge on any atom is 0.339 e. The summed E-state index contributed by atoms with van der Waals surface area (Å²) >= 11 is 6.37. The van der Waals surface area contributed by atoms with Gasteiger partial charge in [0.25, 0.3) is 10.1 Å². The lowest BCUT2D eigenvalue weighted by atomic mass is 10.2. The third-order valence-electron chi connectivity index (χ3n) is 3.32. The first-order valence-corrected chi connectivity index (χ1v) is 12.4. The molecule has 0 aliphatic carbocycles. The van der Waals surface area contributed by atoms with Gasteiger partial charge in [0.05, 0.1) is 17.1 Å². The van der Waals surface area contributed by atoms with Gasteiger partial charge in [-0.05, 0) is 111 Å². The van der Waals surface area contributed by atoms with Gasteiger partial charge in [0.1, 0.15) is 5.75 Å². The van der Waals surface area contributed by atoms with Crippen molar-refractivity contribution in [1.82, 2.24) is 0 Å². The fourth-order valence-corrected chi connectivity index (χ4v) is 4.88. The minimum Gasteiger partial charge on any atom is -0.462 e. The zero-order valence-electron chi connectivity index (χ0n) is 14.0. The molecule has 0 aromatic heterocycles. The first-order valence-electron chi connectivity index (χ1n) is 7.68. The van der Waals surface area contributed by atoms with Crippen molar-refractivity contribution in [3.8, 4) is 5.75 Å². The summed E-state index contributed by atoms with van der Waals surface area (Å²) in [6, 6.07) is 8.49. The number of halogens is 3. The lowest BCUT2D eigenvalue weighted by Crippen LogP contribution is -2.12. The maximum absolute atomic E-state index is 12.2. The molecule has 7 nitrogen and oxygen atoms in total. The van der Waals surface area contributed by atoms with Crippen LogP contribution in [0.1, 0.15) is 23.2 Å². The van der Waals surface area contributed by atoms with Crippen molar-refractivity contribution in [1.29, 1.82) is 0 Å². The number of esters is 2. The molecule has 0 aliphatic heterocycles. The normalized spacial score (nSPS) is 11.1. The van der Waals surface area contributed by atoms with Crippen molar-refractivity contribution in [2.75, 3.05) is 6.61 Å². The molecular formula is C17H13I3O7S. The summed E-state index contributed by atoms with van der Waals surface area (Å²) in [6.45, 7) is 0.0633. The van der Waals surface area contributed by atoms with Gasteiger partial charge in [0.2, 0.25) is 0 Å². The number of rotatable bonds is 7. The second-order valence-electron chi connectivity index (χ2n) is 5.41. The van der Waals surface area contributed by atoms with E-state index >= 15 is 0 Å². The van der Waals surface area contributed by atoms with Crippen molar-refractivity contribution in [2.24, 2.45) is 0 Å². The summed E-state index contributed by atoms with van der Waals surface area (Å²) in [7, 11) is -4.30. The third-order valence-corrected chi connectivity index (χ3v) is 7.86. The topological polar surface area (TPSA) is 107 Å². The Morgan fingerprint density at radius 2 is 1.68 bits per heavy atom. The summed E-state index contributed by atoms with van der Waals surface area (Å²) in [5, 5.41) is 0. The Kier molecular flexibility index (Phi) is 8.90. The van der Waals surface area contributed by atoms with E-state index in [1.54, 1.807) is 6.07 Å². The monoisotopic (exact) mass is 742 g/mol. The molecule has 2 aromatic rings. The molecule has 0 heterocycles. The summed E-state index contributed by atoms with van der Waals surface area (Å²) < 4.78 is 43.8. The van der Waals surface area contributed by atoms with Gasteiger partial charge in [0, 0.05) is 17.1 Å². The highest BCUT2D eigenvalue weighted by molar-refractivity contribution is 14.1. The second-order valence-corrected chi connectivity index (χ2v) is 10.3. The average Bonchev–Trinajstić information content (AvgIpc) is 2.61. The molecule has 0 saturated carbocycles. The minimum absolute atomic E-state index is 0.0221. The molecule has 0 saturated heterocycles. The average molecular weight is 742 g/mol. The van der Waals surface area contributed by atoms with Crippen molar-refractivity contribution < 1.29 is 32.0 Å². The first-order chi connectivity index (χ1) is 13.1. The van der Waals surface area contributed by atoms with Crippen molar-refractivity contribution in [3.63, 3.8) is 0 Å². The van der Waals surface area contributed by atoms with E-state index in [0.717, 1.165) is 22.8 Å². The third kappa shape index (κ3) is 7.07. The number of benzene rings is 2. The summed E-state index contributed by atoms with van der Waals surface area (Å²) in [4.78, 5) is 23.7. The van der Waals surface area contributed by atoms with Crippen LogP contribution in [0.15, 0.2) is 41.3 Å². The fraction of sp³-hybridized carbons (Fsp3) is 0.176. The van der Waals surface area contributed by atoms with Gasteiger partial charge in [-0.3, -0.25) is 9.35 Å². The maximum atomic E-state index is 12.2. The van der Waals surface area contributed by atoms with Crippen LogP contribution in [-0.2, 0) is 19.6 Å². The highest BCUT2D eigenvalue weighted by Crippen LogP contribution is 2.23. The number of ether oxygens (including phenoxy) is 2. The van der Waals surface area contributed by atoms with E-state index < -0.39 is 22.1 Å². The number of hydrogen-bond donors (Lipinski definition) is 1. The lowest BCUT2D eigenvalue weighted by molar-refractivity contribution is -0.134. The standard InChI is InChI=1S/C17H13I3O7S/c18-10-8-13(16(20)14(19)9-10)17(22)26-7-1-2-15(21)27-11-3-5-12(6-4-11)28(23,24)25/h3-6,8-9H,1-2,7H2,(H,23,24,25). The molecule has 0 fully saturated rings. The zero-order valence-corrected chi connectivity index (χ0v) is 21.3. The molecule has 0 amide bonds. The van der Waals surface area contributed by atoms with Crippen LogP contribution in [0.5, 0.6) is 5.75 Å². The fourth-order valence-electron chi connectivity index (χ4n) is 2.03. The van der Waals surface area contributed by atoms with Crippen LogP contribution in [-0.4, -0.2) is 31.5 Å². The molecule has 2 aromatic carbocycles. The smallest absolute Gasteiger partial charge is 0.339 e. The molecule has 0 bridgehead atoms. The van der Waals surface area contributed by atoms with Gasteiger partial charge in [-0.25, -0.2) is 4.79 Å². The largest absolute Gasteiger partial charge is 0.462 e. The van der Waals surface area contributed by atoms with Crippen LogP contribution in [0.25, 0.3) is 0 Å². The van der Waals surface area contributed by atoms with Gasteiger partial charge < -0.3 is 9.47 Å². The van der Waals surface area contributed by atoms with Crippen LogP contribution in [0.2, 0.25) is 0 Å². The van der Waals surface area contributed by atoms with Gasteiger partial charge in [-0.15, -0.1) is 0 Å². The predicted octanol–water partition coefficient (Wildman–Crippen LogP) is 4.29. The molecule has 0 unspecified atom stereocenters. The molecule has 11 heteroatoms. The predicted molar refractivity (Wildman–Crippen MR) is 126 cm³/mol. The number of hydrogen-bond acceptors (Lipinski definition) is 6. The van der Waals surface area contributed by atoms with Gasteiger partial charge >= 0.3 is 11.9 Å². The minimum atomic E-state index is -4.30. The molecule has 0 aliphatic rings. The molecule has 28 heavy (non-hydrogen) atoms. The van der Waals surface area contributed by atoms with Crippen LogP contribution >= 0.6 is 67.8 Å². The first kappa shape index (κ1) is 23.8. The van der Waals surface area contributed by atoms with Crippen molar-refractivity contribution >= 4 is 89.8 Å². The molecule has 1 N–H and O–H groups in total. The van der Waals surface area contributed by atoms with Gasteiger partial charge in [-0.1, -0.05) is 0 Å². The summed E-state index contributed by atoms with van der Waals surface area (Å²) in [5.74, 6) is -0.846. The lowest BCUT2D eigenvalue weighted by Gasteiger charge is -2.09. The van der Waals surface area contributed by atoms with Crippen molar-refractivity contribution in [2.45, 2.75) is 17.7 Å². The zero-order chi connectivity index (χ0) is 20.9. The van der Waals surface area contributed by atoms with Gasteiger partial charge in [0.15, 0.2) is 0 Å². The Morgan fingerprint density at radius 1 is 1.04 bits per heavy atom. The van der Waals surface area contributed by atoms with E-state index in [1.165, 1.54) is 12.1 Å². The highest BCUT2D eigenvalue weighted by Gasteiger charge is 2.15. The Bertz CT molecular complexity index is 989. The quantitative estimate of drug-likeness (QED) is 0.113. The Balaban J connectivity index is 1.80. The molecule has 0 spiro atoms. The molecular weight excluding hydrogens is 729 g/mol. The molecule has 2 rings (SSSR count). The van der Waals surface area contributed by atoms with E-state index in [1.807, 2.05) is 6.07 Å². The SMILES string of the molecule is O=C(CCCOC(=O)c1cc(I)cc(I)c1I)Oc1ccc(S(=O)(=O)O)cc1. The second kappa shape index (κ2) is 10.5. The Labute approximate surface area is 202 Å². The van der Waals surface area contributed by atoms with E-state index in [0.29, 0.717) is 5.56 Å². The molecule has 0 radical (unpaired) electrons. The number of carbonyl (C=O) groups excluding carboxylic acids is 2. The van der Waals surface area contributed by atoms with E-state index in [4.69, 9.17) is 14.0 Å². The van der Waals surface area contributed by atoms with Crippen LogP contribution in [0.3, 0.4) is 0 Å². The van der Waals surface area contributed by atoms with Crippen LogP contribution in [0.4, 0.5) is 0 Å². The summed E-state index contributed by atoms with van der Waals surface area (Å²) in [6.07, 6.45) is 0.305. The molecule has 150 valence electrons. The van der Waals surface area contributed by atoms with Gasteiger partial charge in [-0.2, -0.15) is 8.42 Å². The Morgan fingerprint density at radius 3 is 2.29 bits per heavy atom.